The molecule has 4 rings (SSSR count). The molecular formula is C21H20ClN3O4. The summed E-state index contributed by atoms with van der Waals surface area (Å²) in [5.74, 6) is -0.705. The molecule has 1 saturated heterocycles. The SMILES string of the molecule is O=C(Cc1noc2ccccc12)OCC(=O)N1CCN(c2cccc(Cl)c2)CC1. The van der Waals surface area contributed by atoms with E-state index in [1.165, 1.54) is 0 Å². The summed E-state index contributed by atoms with van der Waals surface area (Å²) in [4.78, 5) is 28.4. The van der Waals surface area contributed by atoms with Crippen LogP contribution in [0.4, 0.5) is 5.69 Å². The normalized spacial score (nSPS) is 14.2. The van der Waals surface area contributed by atoms with Gasteiger partial charge in [0.2, 0.25) is 0 Å². The molecule has 8 heteroatoms. The minimum absolute atomic E-state index is 0.0349. The van der Waals surface area contributed by atoms with Crippen LogP contribution in [-0.4, -0.2) is 54.7 Å². The fraction of sp³-hybridized carbons (Fsp3) is 0.286. The van der Waals surface area contributed by atoms with Gasteiger partial charge in [0.1, 0.15) is 5.69 Å². The Morgan fingerprint density at radius 1 is 1.07 bits per heavy atom. The summed E-state index contributed by atoms with van der Waals surface area (Å²) in [6.07, 6.45) is -0.0349. The fourth-order valence-corrected chi connectivity index (χ4v) is 3.56. The maximum Gasteiger partial charge on any atom is 0.312 e. The largest absolute Gasteiger partial charge is 0.455 e. The van der Waals surface area contributed by atoms with Crippen molar-refractivity contribution in [3.63, 3.8) is 0 Å². The molecule has 150 valence electrons. The number of esters is 1. The maximum absolute atomic E-state index is 12.4. The quantitative estimate of drug-likeness (QED) is 0.599. The Balaban J connectivity index is 1.25. The minimum Gasteiger partial charge on any atom is -0.455 e. The number of para-hydroxylation sites is 1. The number of amides is 1. The van der Waals surface area contributed by atoms with Crippen molar-refractivity contribution in [3.8, 4) is 0 Å². The molecule has 1 aromatic heterocycles. The monoisotopic (exact) mass is 413 g/mol. The average molecular weight is 414 g/mol. The molecule has 1 aliphatic rings. The smallest absolute Gasteiger partial charge is 0.312 e. The van der Waals surface area contributed by atoms with Gasteiger partial charge in [-0.15, -0.1) is 0 Å². The Kier molecular flexibility index (Phi) is 5.67. The van der Waals surface area contributed by atoms with Gasteiger partial charge in [-0.1, -0.05) is 35.0 Å². The van der Waals surface area contributed by atoms with E-state index in [1.807, 2.05) is 42.5 Å². The molecule has 29 heavy (non-hydrogen) atoms. The van der Waals surface area contributed by atoms with Crippen molar-refractivity contribution in [1.82, 2.24) is 10.1 Å². The van der Waals surface area contributed by atoms with E-state index < -0.39 is 5.97 Å². The van der Waals surface area contributed by atoms with Gasteiger partial charge in [-0.25, -0.2) is 0 Å². The number of piperazine rings is 1. The molecule has 2 heterocycles. The van der Waals surface area contributed by atoms with E-state index in [-0.39, 0.29) is 18.9 Å². The van der Waals surface area contributed by atoms with Gasteiger partial charge >= 0.3 is 5.97 Å². The minimum atomic E-state index is -0.505. The van der Waals surface area contributed by atoms with Crippen molar-refractivity contribution < 1.29 is 18.8 Å². The lowest BCUT2D eigenvalue weighted by molar-refractivity contribution is -0.151. The topological polar surface area (TPSA) is 75.9 Å². The first-order chi connectivity index (χ1) is 14.1. The van der Waals surface area contributed by atoms with Crippen LogP contribution in [0.5, 0.6) is 0 Å². The number of hydrogen-bond donors (Lipinski definition) is 0. The first-order valence-corrected chi connectivity index (χ1v) is 9.75. The molecule has 0 N–H and O–H groups in total. The highest BCUT2D eigenvalue weighted by molar-refractivity contribution is 6.30. The van der Waals surface area contributed by atoms with E-state index in [4.69, 9.17) is 20.9 Å². The van der Waals surface area contributed by atoms with E-state index in [0.717, 1.165) is 11.1 Å². The van der Waals surface area contributed by atoms with Gasteiger partial charge in [-0.3, -0.25) is 9.59 Å². The van der Waals surface area contributed by atoms with Crippen LogP contribution in [0.1, 0.15) is 5.69 Å². The Hall–Kier alpha value is -3.06. The van der Waals surface area contributed by atoms with Gasteiger partial charge in [0, 0.05) is 42.3 Å². The zero-order valence-electron chi connectivity index (χ0n) is 15.7. The Bertz CT molecular complexity index is 1030. The second-order valence-corrected chi connectivity index (χ2v) is 7.25. The van der Waals surface area contributed by atoms with E-state index in [1.54, 1.807) is 11.0 Å². The van der Waals surface area contributed by atoms with Crippen molar-refractivity contribution in [2.24, 2.45) is 0 Å². The molecule has 0 spiro atoms. The van der Waals surface area contributed by atoms with Crippen molar-refractivity contribution in [2.45, 2.75) is 6.42 Å². The molecule has 0 bridgehead atoms. The number of halogens is 1. The highest BCUT2D eigenvalue weighted by Crippen LogP contribution is 2.21. The highest BCUT2D eigenvalue weighted by atomic mass is 35.5. The van der Waals surface area contributed by atoms with E-state index in [0.29, 0.717) is 42.5 Å². The second kappa shape index (κ2) is 8.53. The second-order valence-electron chi connectivity index (χ2n) is 6.81. The number of aromatic nitrogens is 1. The zero-order chi connectivity index (χ0) is 20.2. The van der Waals surface area contributed by atoms with Crippen LogP contribution in [-0.2, 0) is 20.7 Å². The van der Waals surface area contributed by atoms with E-state index >= 15 is 0 Å². The summed E-state index contributed by atoms with van der Waals surface area (Å²) in [7, 11) is 0. The third-order valence-corrected chi connectivity index (χ3v) is 5.16. The molecule has 3 aromatic rings. The molecule has 0 saturated carbocycles. The number of nitrogens with zero attached hydrogens (tertiary/aromatic N) is 3. The first-order valence-electron chi connectivity index (χ1n) is 9.37. The third kappa shape index (κ3) is 4.51. The standard InChI is InChI=1S/C21H20ClN3O4/c22-15-4-3-5-16(12-15)24-8-10-25(11-9-24)20(26)14-28-21(27)13-18-17-6-1-2-7-19(17)29-23-18/h1-7,12H,8-11,13-14H2. The Morgan fingerprint density at radius 3 is 2.66 bits per heavy atom. The summed E-state index contributed by atoms with van der Waals surface area (Å²) in [6.45, 7) is 2.26. The number of anilines is 1. The lowest BCUT2D eigenvalue weighted by Crippen LogP contribution is -2.50. The van der Waals surface area contributed by atoms with Crippen LogP contribution >= 0.6 is 11.6 Å². The fourth-order valence-electron chi connectivity index (χ4n) is 3.37. The van der Waals surface area contributed by atoms with E-state index in [2.05, 4.69) is 10.1 Å². The highest BCUT2D eigenvalue weighted by Gasteiger charge is 2.23. The predicted molar refractivity (Wildman–Crippen MR) is 109 cm³/mol. The summed E-state index contributed by atoms with van der Waals surface area (Å²) < 4.78 is 10.3. The molecule has 1 fully saturated rings. The lowest BCUT2D eigenvalue weighted by Gasteiger charge is -2.36. The van der Waals surface area contributed by atoms with Gasteiger partial charge in [0.05, 0.1) is 6.42 Å². The molecule has 0 unspecified atom stereocenters. The van der Waals surface area contributed by atoms with Crippen molar-refractivity contribution in [1.29, 1.82) is 0 Å². The number of rotatable bonds is 5. The van der Waals surface area contributed by atoms with Gasteiger partial charge in [-0.2, -0.15) is 0 Å². The lowest BCUT2D eigenvalue weighted by atomic mass is 10.2. The van der Waals surface area contributed by atoms with Gasteiger partial charge in [0.25, 0.3) is 5.91 Å². The maximum atomic E-state index is 12.4. The molecule has 1 aliphatic heterocycles. The van der Waals surface area contributed by atoms with Crippen LogP contribution in [0.15, 0.2) is 53.1 Å². The molecule has 2 aromatic carbocycles. The number of carbonyl (C=O) groups is 2. The number of ether oxygens (including phenoxy) is 1. The van der Waals surface area contributed by atoms with Gasteiger partial charge < -0.3 is 19.1 Å². The number of hydrogen-bond acceptors (Lipinski definition) is 6. The van der Waals surface area contributed by atoms with Crippen LogP contribution in [0.25, 0.3) is 11.0 Å². The van der Waals surface area contributed by atoms with Crippen molar-refractivity contribution in [3.05, 3.63) is 59.2 Å². The van der Waals surface area contributed by atoms with Crippen molar-refractivity contribution >= 4 is 40.1 Å². The van der Waals surface area contributed by atoms with Crippen LogP contribution in [0, 0.1) is 0 Å². The van der Waals surface area contributed by atoms with Gasteiger partial charge in [0.15, 0.2) is 12.2 Å². The molecule has 1 amide bonds. The summed E-state index contributed by atoms with van der Waals surface area (Å²) in [5, 5.41) is 5.37. The zero-order valence-corrected chi connectivity index (χ0v) is 16.5. The molecular weight excluding hydrogens is 394 g/mol. The molecule has 0 radical (unpaired) electrons. The molecule has 7 nitrogen and oxygen atoms in total. The van der Waals surface area contributed by atoms with Crippen LogP contribution in [0.3, 0.4) is 0 Å². The van der Waals surface area contributed by atoms with Crippen LogP contribution in [0.2, 0.25) is 5.02 Å². The Labute approximate surface area is 172 Å². The number of fused-ring (bicyclic) bond motifs is 1. The summed E-state index contributed by atoms with van der Waals surface area (Å²) in [5.41, 5.74) is 2.16. The van der Waals surface area contributed by atoms with Gasteiger partial charge in [-0.05, 0) is 30.3 Å². The third-order valence-electron chi connectivity index (χ3n) is 4.93. The van der Waals surface area contributed by atoms with Crippen molar-refractivity contribution in [2.75, 3.05) is 37.7 Å². The van der Waals surface area contributed by atoms with Crippen LogP contribution < -0.4 is 4.90 Å². The Morgan fingerprint density at radius 2 is 1.86 bits per heavy atom. The number of carbonyl (C=O) groups excluding carboxylic acids is 2. The summed E-state index contributed by atoms with van der Waals surface area (Å²) in [6, 6.07) is 14.9. The number of benzene rings is 2. The van der Waals surface area contributed by atoms with E-state index in [9.17, 15) is 9.59 Å². The molecule has 0 atom stereocenters. The summed E-state index contributed by atoms with van der Waals surface area (Å²) >= 11 is 6.05. The molecule has 0 aliphatic carbocycles. The average Bonchev–Trinajstić information content (AvgIpc) is 3.15. The predicted octanol–water partition coefficient (Wildman–Crippen LogP) is 2.92. The first kappa shape index (κ1) is 19.3.